The van der Waals surface area contributed by atoms with E-state index in [1.807, 2.05) is 109 Å². The number of ether oxygens (including phenoxy) is 4. The molecule has 1 aliphatic heterocycles. The summed E-state index contributed by atoms with van der Waals surface area (Å²) < 4.78 is 43.6. The van der Waals surface area contributed by atoms with Crippen LogP contribution < -0.4 is 20.3 Å². The van der Waals surface area contributed by atoms with Crippen molar-refractivity contribution in [1.29, 1.82) is 0 Å². The number of carbonyl (C=O) groups excluding carboxylic acids is 1. The van der Waals surface area contributed by atoms with Gasteiger partial charge in [-0.25, -0.2) is 4.98 Å². The number of hydrogen-bond donors (Lipinski definition) is 3. The average Bonchev–Trinajstić information content (AvgIpc) is 3.80. The highest BCUT2D eigenvalue weighted by atomic mass is 31.1. The van der Waals surface area contributed by atoms with Crippen molar-refractivity contribution in [3.8, 4) is 11.5 Å². The predicted molar refractivity (Wildman–Crippen MR) is 198 cm³/mol. The highest BCUT2D eigenvalue weighted by Gasteiger charge is 2.46. The molecule has 7 rings (SSSR count). The van der Waals surface area contributed by atoms with Crippen LogP contribution in [0.25, 0.3) is 11.2 Å². The zero-order valence-corrected chi connectivity index (χ0v) is 30.2. The van der Waals surface area contributed by atoms with E-state index >= 15 is 0 Å². The van der Waals surface area contributed by atoms with Crippen LogP contribution in [0.1, 0.15) is 34.9 Å². The molecular weight excluding hydrogens is 713 g/mol. The first kappa shape index (κ1) is 36.6. The van der Waals surface area contributed by atoms with Crippen molar-refractivity contribution in [2.24, 2.45) is 0 Å². The van der Waals surface area contributed by atoms with Crippen LogP contribution in [-0.4, -0.2) is 63.4 Å². The van der Waals surface area contributed by atoms with Gasteiger partial charge in [0.15, 0.2) is 11.2 Å². The molecule has 6 aromatic rings. The zero-order chi connectivity index (χ0) is 37.7. The first-order valence-corrected chi connectivity index (χ1v) is 18.2. The molecule has 0 spiro atoms. The second-order valence-electron chi connectivity index (χ2n) is 12.5. The number of anilines is 1. The molecule has 2 aromatic heterocycles. The van der Waals surface area contributed by atoms with E-state index in [0.717, 1.165) is 22.3 Å². The minimum atomic E-state index is -3.03. The fourth-order valence-electron chi connectivity index (χ4n) is 6.68. The van der Waals surface area contributed by atoms with Crippen molar-refractivity contribution in [3.05, 3.63) is 148 Å². The lowest BCUT2D eigenvalue weighted by molar-refractivity contribution is -0.115. The van der Waals surface area contributed by atoms with Gasteiger partial charge in [-0.3, -0.25) is 24.5 Å². The lowest BCUT2D eigenvalue weighted by atomic mass is 9.80. The molecule has 0 radical (unpaired) electrons. The second-order valence-corrected chi connectivity index (χ2v) is 13.2. The summed E-state index contributed by atoms with van der Waals surface area (Å²) in [7, 11) is 0.160. The molecule has 0 saturated carbocycles. The van der Waals surface area contributed by atoms with Crippen LogP contribution in [0.15, 0.2) is 120 Å². The summed E-state index contributed by atoms with van der Waals surface area (Å²) in [6.07, 6.45) is -1.05. The monoisotopic (exact) mass is 750 g/mol. The molecule has 14 nitrogen and oxygen atoms in total. The zero-order valence-electron chi connectivity index (χ0n) is 29.3. The molecule has 0 bridgehead atoms. The number of imidazole rings is 1. The SMILES string of the molecule is COc1ccc(C(OC[C@H]2O[C@@H](n3cnc4c(=O)[nH]c(NC(=O)Cc5ccccc5)nc43)C[C@@H]2O[P+](=O)O)(c2ccccc2)c2ccc(OC)cc2)cc1. The Kier molecular flexibility index (Phi) is 10.9. The maximum atomic E-state index is 13.0. The van der Waals surface area contributed by atoms with Gasteiger partial charge in [0.05, 0.1) is 33.6 Å². The Morgan fingerprint density at radius 2 is 1.52 bits per heavy atom. The Morgan fingerprint density at radius 3 is 2.11 bits per heavy atom. The summed E-state index contributed by atoms with van der Waals surface area (Å²) in [6.45, 7) is -0.0985. The summed E-state index contributed by atoms with van der Waals surface area (Å²) in [6, 6.07) is 33.9. The number of rotatable bonds is 14. The molecule has 4 aromatic carbocycles. The maximum absolute atomic E-state index is 13.0. The summed E-state index contributed by atoms with van der Waals surface area (Å²) in [5.74, 6) is 0.888. The van der Waals surface area contributed by atoms with Crippen LogP contribution in [0.5, 0.6) is 11.5 Å². The Balaban J connectivity index is 1.21. The number of aromatic amines is 1. The molecule has 1 saturated heterocycles. The summed E-state index contributed by atoms with van der Waals surface area (Å²) >= 11 is 0. The third-order valence-electron chi connectivity index (χ3n) is 9.25. The molecule has 1 aliphatic rings. The number of H-pyrrole nitrogens is 1. The van der Waals surface area contributed by atoms with Gasteiger partial charge in [-0.1, -0.05) is 84.9 Å². The van der Waals surface area contributed by atoms with E-state index in [1.165, 1.54) is 10.9 Å². The van der Waals surface area contributed by atoms with Crippen LogP contribution in [0, 0.1) is 0 Å². The largest absolute Gasteiger partial charge is 0.695 e. The van der Waals surface area contributed by atoms with Crippen molar-refractivity contribution in [1.82, 2.24) is 19.5 Å². The van der Waals surface area contributed by atoms with Crippen molar-refractivity contribution < 1.29 is 37.7 Å². The van der Waals surface area contributed by atoms with E-state index < -0.39 is 37.9 Å². The third-order valence-corrected chi connectivity index (χ3v) is 9.70. The third kappa shape index (κ3) is 7.65. The molecule has 54 heavy (non-hydrogen) atoms. The van der Waals surface area contributed by atoms with E-state index in [4.69, 9.17) is 23.5 Å². The van der Waals surface area contributed by atoms with Crippen molar-refractivity contribution >= 4 is 31.3 Å². The molecule has 1 unspecified atom stereocenters. The standard InChI is InChI=1S/C39H36N5O9P/c1-49-29-17-13-27(14-18-29)39(26-11-7-4-8-12-26,28-15-19-30(50-2)20-16-28)51-23-32-31(53-54(47)48)22-34(52-32)44-24-40-35-36(44)42-38(43-37(35)46)41-33(45)21-25-9-5-3-6-10-25/h3-20,24,31-32,34H,21-23H2,1-2H3,(H2-,41,42,43,45,46,47,48)/p+1/t31-,32+,34+/m0/s1. The fraction of sp³-hybridized carbons (Fsp3) is 0.231. The maximum Gasteiger partial charge on any atom is 0.695 e. The van der Waals surface area contributed by atoms with Crippen molar-refractivity contribution in [2.75, 3.05) is 26.1 Å². The van der Waals surface area contributed by atoms with Crippen molar-refractivity contribution in [2.45, 2.75) is 36.9 Å². The van der Waals surface area contributed by atoms with Gasteiger partial charge in [0.1, 0.15) is 35.5 Å². The predicted octanol–water partition coefficient (Wildman–Crippen LogP) is 5.65. The fourth-order valence-corrected chi connectivity index (χ4v) is 7.14. The lowest BCUT2D eigenvalue weighted by Gasteiger charge is -2.37. The van der Waals surface area contributed by atoms with Crippen LogP contribution in [0.4, 0.5) is 5.95 Å². The van der Waals surface area contributed by atoms with Gasteiger partial charge in [-0.15, -0.1) is 9.42 Å². The van der Waals surface area contributed by atoms with E-state index in [9.17, 15) is 19.0 Å². The van der Waals surface area contributed by atoms with Gasteiger partial charge in [0, 0.05) is 11.0 Å². The number of aromatic nitrogens is 4. The van der Waals surface area contributed by atoms with Crippen molar-refractivity contribution in [3.63, 3.8) is 0 Å². The normalized spacial score (nSPS) is 17.3. The van der Waals surface area contributed by atoms with Crippen LogP contribution >= 0.6 is 8.25 Å². The number of nitrogens with one attached hydrogen (secondary N) is 2. The topological polar surface area (TPSA) is 176 Å². The van der Waals surface area contributed by atoms with E-state index in [-0.39, 0.29) is 42.5 Å². The first-order valence-electron chi connectivity index (χ1n) is 17.0. The molecule has 1 amide bonds. The minimum absolute atomic E-state index is 0.0205. The van der Waals surface area contributed by atoms with E-state index in [0.29, 0.717) is 11.5 Å². The quantitative estimate of drug-likeness (QED) is 0.0927. The molecule has 3 N–H and O–H groups in total. The molecule has 3 heterocycles. The Morgan fingerprint density at radius 1 is 0.926 bits per heavy atom. The highest BCUT2D eigenvalue weighted by Crippen LogP contribution is 2.44. The van der Waals surface area contributed by atoms with Gasteiger partial charge >= 0.3 is 8.25 Å². The second kappa shape index (κ2) is 16.1. The number of nitrogens with zero attached hydrogens (tertiary/aromatic N) is 3. The first-order chi connectivity index (χ1) is 26.3. The van der Waals surface area contributed by atoms with Gasteiger partial charge in [0.25, 0.3) is 5.56 Å². The molecule has 0 aliphatic carbocycles. The van der Waals surface area contributed by atoms with Gasteiger partial charge in [-0.05, 0) is 46.5 Å². The summed E-state index contributed by atoms with van der Waals surface area (Å²) in [5, 5.41) is 2.65. The Bertz CT molecular complexity index is 2240. The van der Waals surface area contributed by atoms with Gasteiger partial charge in [0.2, 0.25) is 11.9 Å². The number of hydrogen-bond acceptors (Lipinski definition) is 10. The number of benzene rings is 4. The number of amides is 1. The number of fused-ring (bicyclic) bond motifs is 1. The smallest absolute Gasteiger partial charge is 0.497 e. The van der Waals surface area contributed by atoms with E-state index in [2.05, 4.69) is 20.3 Å². The van der Waals surface area contributed by atoms with Crippen LogP contribution in [-0.2, 0) is 35.4 Å². The van der Waals surface area contributed by atoms with Crippen LogP contribution in [0.3, 0.4) is 0 Å². The average molecular weight is 751 g/mol. The number of methoxy groups -OCH3 is 2. The minimum Gasteiger partial charge on any atom is -0.497 e. The Hall–Kier alpha value is -5.76. The summed E-state index contributed by atoms with van der Waals surface area (Å²) in [4.78, 5) is 47.1. The molecule has 276 valence electrons. The summed E-state index contributed by atoms with van der Waals surface area (Å²) in [5.41, 5.74) is 1.57. The van der Waals surface area contributed by atoms with Gasteiger partial charge < -0.3 is 18.9 Å². The number of carbonyl (C=O) groups is 1. The van der Waals surface area contributed by atoms with E-state index in [1.54, 1.807) is 14.2 Å². The molecular formula is C39H37N5O9P+. The lowest BCUT2D eigenvalue weighted by Crippen LogP contribution is -2.38. The van der Waals surface area contributed by atoms with Crippen LogP contribution in [0.2, 0.25) is 0 Å². The Labute approximate surface area is 310 Å². The molecule has 15 heteroatoms. The highest BCUT2D eigenvalue weighted by molar-refractivity contribution is 7.32. The molecule has 4 atom stereocenters. The molecule has 1 fully saturated rings. The van der Waals surface area contributed by atoms with Gasteiger partial charge in [-0.2, -0.15) is 4.98 Å².